The SMILES string of the molecule is Cc1ccc(S(=O)(=O)N2CCNCC2c2cccc(F)c2)cc1C(N)=O.Cl. The van der Waals surface area contributed by atoms with Gasteiger partial charge in [0.15, 0.2) is 0 Å². The van der Waals surface area contributed by atoms with Crippen LogP contribution in [0.5, 0.6) is 0 Å². The van der Waals surface area contributed by atoms with Crippen LogP contribution in [-0.4, -0.2) is 38.3 Å². The number of hydrogen-bond donors (Lipinski definition) is 2. The van der Waals surface area contributed by atoms with Crippen LogP contribution in [0.25, 0.3) is 0 Å². The van der Waals surface area contributed by atoms with Crippen molar-refractivity contribution in [1.82, 2.24) is 9.62 Å². The molecule has 0 radical (unpaired) electrons. The maximum Gasteiger partial charge on any atom is 0.249 e. The van der Waals surface area contributed by atoms with Gasteiger partial charge in [-0.25, -0.2) is 12.8 Å². The zero-order chi connectivity index (χ0) is 18.9. The number of primary amides is 1. The molecule has 6 nitrogen and oxygen atoms in total. The number of sulfonamides is 1. The van der Waals surface area contributed by atoms with Gasteiger partial charge < -0.3 is 11.1 Å². The summed E-state index contributed by atoms with van der Waals surface area (Å²) in [5.41, 5.74) is 6.69. The summed E-state index contributed by atoms with van der Waals surface area (Å²) in [6, 6.07) is 9.70. The first-order valence-corrected chi connectivity index (χ1v) is 9.63. The lowest BCUT2D eigenvalue weighted by atomic mass is 10.1. The first-order valence-electron chi connectivity index (χ1n) is 8.19. The molecule has 1 heterocycles. The average Bonchev–Trinajstić information content (AvgIpc) is 2.61. The van der Waals surface area contributed by atoms with Crippen LogP contribution in [0.3, 0.4) is 0 Å². The second kappa shape index (κ2) is 8.35. The number of carbonyl (C=O) groups is 1. The molecule has 1 aliphatic rings. The van der Waals surface area contributed by atoms with Gasteiger partial charge in [-0.3, -0.25) is 4.79 Å². The van der Waals surface area contributed by atoms with E-state index >= 15 is 0 Å². The highest BCUT2D eigenvalue weighted by atomic mass is 35.5. The third kappa shape index (κ3) is 4.30. The van der Waals surface area contributed by atoms with E-state index in [1.165, 1.54) is 28.6 Å². The van der Waals surface area contributed by atoms with Crippen molar-refractivity contribution in [1.29, 1.82) is 0 Å². The van der Waals surface area contributed by atoms with Crippen LogP contribution in [0.1, 0.15) is 27.5 Å². The number of hydrogen-bond acceptors (Lipinski definition) is 4. The lowest BCUT2D eigenvalue weighted by Gasteiger charge is -2.35. The van der Waals surface area contributed by atoms with Crippen LogP contribution in [0.15, 0.2) is 47.4 Å². The lowest BCUT2D eigenvalue weighted by Crippen LogP contribution is -2.48. The fourth-order valence-corrected chi connectivity index (χ4v) is 4.77. The Bertz CT molecular complexity index is 953. The minimum atomic E-state index is -3.88. The number of carbonyl (C=O) groups excluding carboxylic acids is 1. The number of aryl methyl sites for hydroxylation is 1. The van der Waals surface area contributed by atoms with Crippen LogP contribution in [0.4, 0.5) is 4.39 Å². The molecule has 1 aliphatic heterocycles. The number of piperazine rings is 1. The zero-order valence-electron chi connectivity index (χ0n) is 14.7. The number of nitrogens with zero attached hydrogens (tertiary/aromatic N) is 1. The van der Waals surface area contributed by atoms with Crippen LogP contribution in [-0.2, 0) is 10.0 Å². The normalized spacial score (nSPS) is 17.9. The van der Waals surface area contributed by atoms with Crippen molar-refractivity contribution in [3.8, 4) is 0 Å². The molecular weight excluding hydrogens is 393 g/mol. The van der Waals surface area contributed by atoms with Gasteiger partial charge in [0.2, 0.25) is 15.9 Å². The maximum atomic E-state index is 13.6. The van der Waals surface area contributed by atoms with Crippen LogP contribution in [0.2, 0.25) is 0 Å². The number of nitrogens with two attached hydrogens (primary N) is 1. The van der Waals surface area contributed by atoms with Gasteiger partial charge in [-0.05, 0) is 42.3 Å². The fraction of sp³-hybridized carbons (Fsp3) is 0.278. The van der Waals surface area contributed by atoms with E-state index < -0.39 is 27.8 Å². The van der Waals surface area contributed by atoms with Gasteiger partial charge in [0.1, 0.15) is 5.82 Å². The van der Waals surface area contributed by atoms with Crippen LogP contribution in [0, 0.1) is 12.7 Å². The molecule has 3 N–H and O–H groups in total. The Hall–Kier alpha value is -2.00. The number of benzene rings is 2. The third-order valence-corrected chi connectivity index (χ3v) is 6.41. The molecular formula is C18H21ClFN3O3S. The molecule has 146 valence electrons. The summed E-state index contributed by atoms with van der Waals surface area (Å²) in [6.07, 6.45) is 0. The molecule has 27 heavy (non-hydrogen) atoms. The molecule has 1 atom stereocenters. The van der Waals surface area contributed by atoms with Crippen LogP contribution < -0.4 is 11.1 Å². The molecule has 1 unspecified atom stereocenters. The van der Waals surface area contributed by atoms with Gasteiger partial charge in [0, 0.05) is 25.2 Å². The first kappa shape index (κ1) is 21.3. The molecule has 1 saturated heterocycles. The van der Waals surface area contributed by atoms with Crippen molar-refractivity contribution in [2.45, 2.75) is 17.9 Å². The Labute approximate surface area is 164 Å². The van der Waals surface area contributed by atoms with E-state index in [1.54, 1.807) is 25.1 Å². The Balaban J connectivity index is 0.00000261. The summed E-state index contributed by atoms with van der Waals surface area (Å²) in [5, 5.41) is 3.14. The molecule has 1 amide bonds. The first-order chi connectivity index (χ1) is 12.3. The Morgan fingerprint density at radius 2 is 2.00 bits per heavy atom. The summed E-state index contributed by atoms with van der Waals surface area (Å²) in [7, 11) is -3.88. The van der Waals surface area contributed by atoms with E-state index in [-0.39, 0.29) is 29.4 Å². The molecule has 0 bridgehead atoms. The third-order valence-electron chi connectivity index (χ3n) is 4.51. The molecule has 2 aromatic carbocycles. The van der Waals surface area contributed by atoms with E-state index in [0.717, 1.165) is 0 Å². The number of rotatable bonds is 4. The molecule has 0 spiro atoms. The molecule has 2 aromatic rings. The summed E-state index contributed by atoms with van der Waals surface area (Å²) < 4.78 is 41.3. The van der Waals surface area contributed by atoms with Gasteiger partial charge in [-0.15, -0.1) is 12.4 Å². The van der Waals surface area contributed by atoms with Gasteiger partial charge in [-0.2, -0.15) is 4.31 Å². The second-order valence-electron chi connectivity index (χ2n) is 6.23. The Kier molecular flexibility index (Phi) is 6.59. The van der Waals surface area contributed by atoms with E-state index in [9.17, 15) is 17.6 Å². The molecule has 3 rings (SSSR count). The number of nitrogens with one attached hydrogen (secondary N) is 1. The summed E-state index contributed by atoms with van der Waals surface area (Å²) >= 11 is 0. The molecule has 0 aliphatic carbocycles. The maximum absolute atomic E-state index is 13.6. The van der Waals surface area contributed by atoms with Crippen molar-refractivity contribution in [3.63, 3.8) is 0 Å². The predicted molar refractivity (Wildman–Crippen MR) is 103 cm³/mol. The second-order valence-corrected chi connectivity index (χ2v) is 8.12. The lowest BCUT2D eigenvalue weighted by molar-refractivity contribution is 0.0999. The zero-order valence-corrected chi connectivity index (χ0v) is 16.3. The number of amides is 1. The van der Waals surface area contributed by atoms with Crippen molar-refractivity contribution in [2.75, 3.05) is 19.6 Å². The molecule has 0 saturated carbocycles. The highest BCUT2D eigenvalue weighted by molar-refractivity contribution is 7.89. The van der Waals surface area contributed by atoms with Gasteiger partial charge in [0.25, 0.3) is 0 Å². The molecule has 9 heteroatoms. The standard InChI is InChI=1S/C18H20FN3O3S.ClH/c1-12-5-6-15(10-16(12)18(20)23)26(24,25)22-8-7-21-11-17(22)13-3-2-4-14(19)9-13;/h2-6,9-10,17,21H,7-8,11H2,1H3,(H2,20,23);1H. The van der Waals surface area contributed by atoms with Crippen molar-refractivity contribution >= 4 is 28.3 Å². The minimum absolute atomic E-state index is 0. The minimum Gasteiger partial charge on any atom is -0.366 e. The highest BCUT2D eigenvalue weighted by Gasteiger charge is 2.35. The van der Waals surface area contributed by atoms with Gasteiger partial charge >= 0.3 is 0 Å². The van der Waals surface area contributed by atoms with Crippen molar-refractivity contribution in [2.24, 2.45) is 5.73 Å². The van der Waals surface area contributed by atoms with E-state index in [4.69, 9.17) is 5.73 Å². The Morgan fingerprint density at radius 1 is 1.26 bits per heavy atom. The van der Waals surface area contributed by atoms with E-state index in [0.29, 0.717) is 24.2 Å². The summed E-state index contributed by atoms with van der Waals surface area (Å²) in [6.45, 7) is 2.79. The van der Waals surface area contributed by atoms with E-state index in [2.05, 4.69) is 5.32 Å². The topological polar surface area (TPSA) is 92.5 Å². The van der Waals surface area contributed by atoms with E-state index in [1.807, 2.05) is 0 Å². The van der Waals surface area contributed by atoms with Crippen molar-refractivity contribution < 1.29 is 17.6 Å². The fourth-order valence-electron chi connectivity index (χ4n) is 3.13. The number of halogens is 2. The predicted octanol–water partition coefficient (Wildman–Crippen LogP) is 1.99. The molecule has 1 fully saturated rings. The van der Waals surface area contributed by atoms with Crippen molar-refractivity contribution in [3.05, 3.63) is 65.0 Å². The van der Waals surface area contributed by atoms with Gasteiger partial charge in [0.05, 0.1) is 10.9 Å². The van der Waals surface area contributed by atoms with Gasteiger partial charge in [-0.1, -0.05) is 18.2 Å². The summed E-state index contributed by atoms with van der Waals surface area (Å²) in [5.74, 6) is -1.10. The average molecular weight is 414 g/mol. The molecule has 0 aromatic heterocycles. The smallest absolute Gasteiger partial charge is 0.249 e. The Morgan fingerprint density at radius 3 is 2.67 bits per heavy atom. The summed E-state index contributed by atoms with van der Waals surface area (Å²) in [4.78, 5) is 11.6. The highest BCUT2D eigenvalue weighted by Crippen LogP contribution is 2.30. The quantitative estimate of drug-likeness (QED) is 0.801. The monoisotopic (exact) mass is 413 g/mol. The van der Waals surface area contributed by atoms with Crippen LogP contribution >= 0.6 is 12.4 Å². The largest absolute Gasteiger partial charge is 0.366 e.